The molecule has 1 fully saturated rings. The van der Waals surface area contributed by atoms with Crippen LogP contribution in [0.1, 0.15) is 30.0 Å². The highest BCUT2D eigenvalue weighted by molar-refractivity contribution is 5.67. The number of pyridine rings is 2. The highest BCUT2D eigenvalue weighted by atomic mass is 16.5. The van der Waals surface area contributed by atoms with E-state index in [1.54, 1.807) is 7.11 Å². The van der Waals surface area contributed by atoms with E-state index in [0.717, 1.165) is 36.6 Å². The van der Waals surface area contributed by atoms with Crippen LogP contribution in [-0.2, 0) is 6.54 Å². The topological polar surface area (TPSA) is 38.2 Å². The van der Waals surface area contributed by atoms with Crippen LogP contribution in [0.5, 0.6) is 5.75 Å². The number of ether oxygens (including phenoxy) is 1. The van der Waals surface area contributed by atoms with Crippen molar-refractivity contribution in [3.8, 4) is 17.0 Å². The third-order valence-corrected chi connectivity index (χ3v) is 5.21. The molecule has 4 rings (SSSR count). The summed E-state index contributed by atoms with van der Waals surface area (Å²) in [5.74, 6) is 1.33. The molecule has 0 spiro atoms. The Morgan fingerprint density at radius 2 is 2.00 bits per heavy atom. The van der Waals surface area contributed by atoms with Crippen LogP contribution in [0.3, 0.4) is 0 Å². The molecule has 2 aromatic heterocycles. The highest BCUT2D eigenvalue weighted by Crippen LogP contribution is 2.31. The average molecular weight is 359 g/mol. The van der Waals surface area contributed by atoms with Gasteiger partial charge in [-0.15, -0.1) is 0 Å². The zero-order chi connectivity index (χ0) is 18.5. The molecule has 0 bridgehead atoms. The fourth-order valence-electron chi connectivity index (χ4n) is 3.88. The molecule has 0 amide bonds. The van der Waals surface area contributed by atoms with Gasteiger partial charge in [0.15, 0.2) is 0 Å². The van der Waals surface area contributed by atoms with Crippen molar-refractivity contribution in [1.82, 2.24) is 14.9 Å². The van der Waals surface area contributed by atoms with E-state index in [2.05, 4.69) is 40.2 Å². The van der Waals surface area contributed by atoms with Crippen molar-refractivity contribution < 1.29 is 4.74 Å². The minimum absolute atomic E-state index is 0.463. The fourth-order valence-corrected chi connectivity index (χ4v) is 3.88. The first-order valence-electron chi connectivity index (χ1n) is 9.55. The average Bonchev–Trinajstić information content (AvgIpc) is 2.75. The normalized spacial score (nSPS) is 17.6. The molecule has 1 aromatic carbocycles. The number of benzene rings is 1. The molecular formula is C23H25N3O. The van der Waals surface area contributed by atoms with Crippen molar-refractivity contribution in [2.24, 2.45) is 0 Å². The lowest BCUT2D eigenvalue weighted by Gasteiger charge is -2.32. The summed E-state index contributed by atoms with van der Waals surface area (Å²) in [6.07, 6.45) is 6.18. The number of likely N-dealkylation sites (tertiary alicyclic amines) is 1. The standard InChI is InChI=1S/C23H25N3O/c1-27-23-12-3-2-9-20(23)22-11-4-10-21(25-22)19-8-6-14-26(17-19)16-18-7-5-13-24-15-18/h2-5,7,9-13,15,19H,6,8,14,16-17H2,1H3/t19-/m0/s1. The van der Waals surface area contributed by atoms with E-state index in [-0.39, 0.29) is 0 Å². The molecule has 138 valence electrons. The van der Waals surface area contributed by atoms with Crippen molar-refractivity contribution in [1.29, 1.82) is 0 Å². The van der Waals surface area contributed by atoms with Crippen LogP contribution in [0.2, 0.25) is 0 Å². The summed E-state index contributed by atoms with van der Waals surface area (Å²) in [6.45, 7) is 3.13. The Balaban J connectivity index is 1.53. The molecule has 0 N–H and O–H groups in total. The molecule has 27 heavy (non-hydrogen) atoms. The van der Waals surface area contributed by atoms with E-state index in [9.17, 15) is 0 Å². The molecule has 4 nitrogen and oxygen atoms in total. The van der Waals surface area contributed by atoms with Crippen molar-refractivity contribution in [3.05, 3.63) is 78.2 Å². The van der Waals surface area contributed by atoms with Gasteiger partial charge in [0.25, 0.3) is 0 Å². The molecule has 1 atom stereocenters. The van der Waals surface area contributed by atoms with E-state index >= 15 is 0 Å². The van der Waals surface area contributed by atoms with Gasteiger partial charge >= 0.3 is 0 Å². The molecule has 1 aliphatic rings. The van der Waals surface area contributed by atoms with Crippen molar-refractivity contribution in [3.63, 3.8) is 0 Å². The summed E-state index contributed by atoms with van der Waals surface area (Å²) in [4.78, 5) is 11.8. The second-order valence-electron chi connectivity index (χ2n) is 7.08. The van der Waals surface area contributed by atoms with E-state index in [1.807, 2.05) is 36.7 Å². The van der Waals surface area contributed by atoms with Gasteiger partial charge in [-0.3, -0.25) is 14.9 Å². The van der Waals surface area contributed by atoms with Gasteiger partial charge in [-0.1, -0.05) is 24.3 Å². The lowest BCUT2D eigenvalue weighted by Crippen LogP contribution is -2.34. The Morgan fingerprint density at radius 3 is 2.85 bits per heavy atom. The minimum atomic E-state index is 0.463. The summed E-state index contributed by atoms with van der Waals surface area (Å²) in [5.41, 5.74) is 4.47. The highest BCUT2D eigenvalue weighted by Gasteiger charge is 2.23. The predicted molar refractivity (Wildman–Crippen MR) is 108 cm³/mol. The third-order valence-electron chi connectivity index (χ3n) is 5.21. The van der Waals surface area contributed by atoms with Crippen LogP contribution in [0, 0.1) is 0 Å². The summed E-state index contributed by atoms with van der Waals surface area (Å²) in [7, 11) is 1.71. The summed E-state index contributed by atoms with van der Waals surface area (Å²) < 4.78 is 5.51. The Bertz CT molecular complexity index is 882. The molecular weight excluding hydrogens is 334 g/mol. The number of nitrogens with zero attached hydrogens (tertiary/aromatic N) is 3. The molecule has 3 aromatic rings. The maximum atomic E-state index is 5.51. The number of piperidine rings is 1. The van der Waals surface area contributed by atoms with E-state index in [1.165, 1.54) is 24.1 Å². The van der Waals surface area contributed by atoms with Gasteiger partial charge in [0, 0.05) is 42.7 Å². The zero-order valence-electron chi connectivity index (χ0n) is 15.7. The van der Waals surface area contributed by atoms with Gasteiger partial charge in [0.1, 0.15) is 5.75 Å². The fraction of sp³-hybridized carbons (Fsp3) is 0.304. The van der Waals surface area contributed by atoms with Gasteiger partial charge in [-0.05, 0) is 55.3 Å². The zero-order valence-corrected chi connectivity index (χ0v) is 15.7. The van der Waals surface area contributed by atoms with Crippen LogP contribution in [0.25, 0.3) is 11.3 Å². The number of hydrogen-bond acceptors (Lipinski definition) is 4. The van der Waals surface area contributed by atoms with E-state index < -0.39 is 0 Å². The van der Waals surface area contributed by atoms with Crippen LogP contribution < -0.4 is 4.74 Å². The molecule has 0 unspecified atom stereocenters. The molecule has 0 radical (unpaired) electrons. The Hall–Kier alpha value is -2.72. The number of aromatic nitrogens is 2. The first kappa shape index (κ1) is 17.7. The summed E-state index contributed by atoms with van der Waals surface area (Å²) >= 11 is 0. The van der Waals surface area contributed by atoms with E-state index in [0.29, 0.717) is 5.92 Å². The minimum Gasteiger partial charge on any atom is -0.496 e. The maximum absolute atomic E-state index is 5.51. The molecule has 0 saturated carbocycles. The Kier molecular flexibility index (Phi) is 5.45. The summed E-state index contributed by atoms with van der Waals surface area (Å²) in [5, 5.41) is 0. The number of para-hydroxylation sites is 1. The van der Waals surface area contributed by atoms with Gasteiger partial charge in [0.2, 0.25) is 0 Å². The van der Waals surface area contributed by atoms with Gasteiger partial charge in [-0.25, -0.2) is 0 Å². The van der Waals surface area contributed by atoms with Gasteiger partial charge in [0.05, 0.1) is 12.8 Å². The quantitative estimate of drug-likeness (QED) is 0.671. The Morgan fingerprint density at radius 1 is 1.07 bits per heavy atom. The SMILES string of the molecule is COc1ccccc1-c1cccc([C@H]2CCCN(Cc3cccnc3)C2)n1. The van der Waals surface area contributed by atoms with Gasteiger partial charge in [-0.2, -0.15) is 0 Å². The van der Waals surface area contributed by atoms with Crippen LogP contribution in [0.4, 0.5) is 0 Å². The Labute approximate surface area is 160 Å². The first-order chi connectivity index (χ1) is 13.3. The number of hydrogen-bond donors (Lipinski definition) is 0. The second kappa shape index (κ2) is 8.31. The molecule has 0 aliphatic carbocycles. The van der Waals surface area contributed by atoms with Crippen LogP contribution >= 0.6 is 0 Å². The lowest BCUT2D eigenvalue weighted by molar-refractivity contribution is 0.198. The second-order valence-corrected chi connectivity index (χ2v) is 7.08. The van der Waals surface area contributed by atoms with Crippen molar-refractivity contribution in [2.75, 3.05) is 20.2 Å². The van der Waals surface area contributed by atoms with E-state index in [4.69, 9.17) is 9.72 Å². The van der Waals surface area contributed by atoms with Crippen molar-refractivity contribution >= 4 is 0 Å². The van der Waals surface area contributed by atoms with Crippen LogP contribution in [-0.4, -0.2) is 35.1 Å². The smallest absolute Gasteiger partial charge is 0.128 e. The molecule has 4 heteroatoms. The monoisotopic (exact) mass is 359 g/mol. The third kappa shape index (κ3) is 4.17. The predicted octanol–water partition coefficient (Wildman–Crippen LogP) is 4.53. The largest absolute Gasteiger partial charge is 0.496 e. The number of rotatable bonds is 5. The van der Waals surface area contributed by atoms with Crippen molar-refractivity contribution in [2.45, 2.75) is 25.3 Å². The molecule has 1 aliphatic heterocycles. The maximum Gasteiger partial charge on any atom is 0.128 e. The van der Waals surface area contributed by atoms with Crippen LogP contribution in [0.15, 0.2) is 67.0 Å². The summed E-state index contributed by atoms with van der Waals surface area (Å²) in [6, 6.07) is 18.6. The van der Waals surface area contributed by atoms with Gasteiger partial charge < -0.3 is 4.74 Å². The molecule has 3 heterocycles. The molecule has 1 saturated heterocycles. The first-order valence-corrected chi connectivity index (χ1v) is 9.55. The lowest BCUT2D eigenvalue weighted by atomic mass is 9.93. The number of methoxy groups -OCH3 is 1.